The number of ketones is 1. The smallest absolute Gasteiger partial charge is 0.300 e. The van der Waals surface area contributed by atoms with Crippen LogP contribution >= 0.6 is 0 Å². The van der Waals surface area contributed by atoms with Crippen LogP contribution in [0.5, 0.6) is 0 Å². The number of aliphatic hydroxyl groups is 1. The summed E-state index contributed by atoms with van der Waals surface area (Å²) in [5.74, 6) is -2.39. The Hall–Kier alpha value is -4.79. The van der Waals surface area contributed by atoms with Gasteiger partial charge in [0.05, 0.1) is 16.5 Å². The van der Waals surface area contributed by atoms with E-state index in [1.54, 1.807) is 54.6 Å². The molecule has 0 aromatic heterocycles. The fourth-order valence-electron chi connectivity index (χ4n) is 3.85. The lowest BCUT2D eigenvalue weighted by atomic mass is 9.95. The second-order valence-electron chi connectivity index (χ2n) is 7.61. The van der Waals surface area contributed by atoms with Gasteiger partial charge in [0, 0.05) is 36.0 Å². The molecule has 9 nitrogen and oxygen atoms in total. The average Bonchev–Trinajstić information content (AvgIpc) is 3.10. The number of nitro groups is 1. The van der Waals surface area contributed by atoms with Gasteiger partial charge >= 0.3 is 0 Å². The lowest BCUT2D eigenvalue weighted by molar-refractivity contribution is -0.384. The molecule has 1 fully saturated rings. The first kappa shape index (κ1) is 22.4. The molecule has 0 bridgehead atoms. The largest absolute Gasteiger partial charge is 0.507 e. The molecule has 3 aromatic rings. The first-order valence-electron chi connectivity index (χ1n) is 10.3. The zero-order valence-electron chi connectivity index (χ0n) is 18.0. The summed E-state index contributed by atoms with van der Waals surface area (Å²) in [5.41, 5.74) is 1.39. The lowest BCUT2D eigenvalue weighted by Crippen LogP contribution is -2.29. The van der Waals surface area contributed by atoms with Crippen molar-refractivity contribution in [3.05, 3.63) is 106 Å². The van der Waals surface area contributed by atoms with Crippen LogP contribution in [0, 0.1) is 10.1 Å². The standard InChI is InChI=1S/C25H19N3O6/c1-15(29)26-18-9-13-19(14-10-18)27-22(16-5-3-2-4-6-16)21(24(31)25(27)32)23(30)17-7-11-20(12-8-17)28(33)34/h2-14,22,30H,1H3,(H,26,29)/b23-21+/t22-/m1/s1. The van der Waals surface area contributed by atoms with Gasteiger partial charge in [0.2, 0.25) is 5.91 Å². The van der Waals surface area contributed by atoms with Crippen LogP contribution < -0.4 is 10.2 Å². The Morgan fingerprint density at radius 2 is 1.59 bits per heavy atom. The molecule has 1 saturated heterocycles. The van der Waals surface area contributed by atoms with E-state index in [0.717, 1.165) is 0 Å². The van der Waals surface area contributed by atoms with Gasteiger partial charge in [-0.15, -0.1) is 0 Å². The summed E-state index contributed by atoms with van der Waals surface area (Å²) < 4.78 is 0. The maximum absolute atomic E-state index is 13.1. The molecule has 4 rings (SSSR count). The molecule has 170 valence electrons. The number of amides is 2. The molecule has 1 aliphatic rings. The maximum atomic E-state index is 13.1. The molecule has 0 spiro atoms. The second-order valence-corrected chi connectivity index (χ2v) is 7.61. The van der Waals surface area contributed by atoms with Crippen LogP contribution in [0.4, 0.5) is 17.1 Å². The van der Waals surface area contributed by atoms with Gasteiger partial charge in [-0.05, 0) is 42.0 Å². The van der Waals surface area contributed by atoms with Crippen molar-refractivity contribution in [3.8, 4) is 0 Å². The van der Waals surface area contributed by atoms with Gasteiger partial charge in [0.1, 0.15) is 5.76 Å². The Kier molecular flexibility index (Phi) is 5.92. The SMILES string of the molecule is CC(=O)Nc1ccc(N2C(=O)C(=O)/C(=C(/O)c3ccc([N+](=O)[O-])cc3)[C@H]2c2ccccc2)cc1. The van der Waals surface area contributed by atoms with Crippen molar-refractivity contribution in [2.45, 2.75) is 13.0 Å². The highest BCUT2D eigenvalue weighted by Gasteiger charge is 2.46. The summed E-state index contributed by atoms with van der Waals surface area (Å²) in [6.45, 7) is 1.38. The Bertz CT molecular complexity index is 1320. The fourth-order valence-corrected chi connectivity index (χ4v) is 3.85. The number of rotatable bonds is 5. The zero-order chi connectivity index (χ0) is 24.4. The molecule has 0 unspecified atom stereocenters. The minimum atomic E-state index is -0.928. The summed E-state index contributed by atoms with van der Waals surface area (Å²) in [6.07, 6.45) is 0. The van der Waals surface area contributed by atoms with Gasteiger partial charge in [-0.2, -0.15) is 0 Å². The van der Waals surface area contributed by atoms with E-state index >= 15 is 0 Å². The van der Waals surface area contributed by atoms with E-state index in [4.69, 9.17) is 0 Å². The van der Waals surface area contributed by atoms with Crippen LogP contribution in [0.15, 0.2) is 84.4 Å². The molecule has 2 N–H and O–H groups in total. The van der Waals surface area contributed by atoms with Crippen molar-refractivity contribution in [1.82, 2.24) is 0 Å². The summed E-state index contributed by atoms with van der Waals surface area (Å²) >= 11 is 0. The molecule has 0 saturated carbocycles. The number of Topliss-reactive ketones (excluding diaryl/α,β-unsaturated/α-hetero) is 1. The number of nitrogens with one attached hydrogen (secondary N) is 1. The minimum Gasteiger partial charge on any atom is -0.507 e. The monoisotopic (exact) mass is 457 g/mol. The summed E-state index contributed by atoms with van der Waals surface area (Å²) in [6, 6.07) is 19.3. The molecule has 2 amide bonds. The quantitative estimate of drug-likeness (QED) is 0.194. The Labute approximate surface area is 194 Å². The molecular weight excluding hydrogens is 438 g/mol. The van der Waals surface area contributed by atoms with Crippen molar-refractivity contribution < 1.29 is 24.4 Å². The minimum absolute atomic E-state index is 0.129. The molecule has 0 radical (unpaired) electrons. The maximum Gasteiger partial charge on any atom is 0.300 e. The average molecular weight is 457 g/mol. The molecule has 34 heavy (non-hydrogen) atoms. The predicted octanol–water partition coefficient (Wildman–Crippen LogP) is 4.18. The highest BCUT2D eigenvalue weighted by atomic mass is 16.6. The van der Waals surface area contributed by atoms with Crippen LogP contribution in [-0.2, 0) is 14.4 Å². The van der Waals surface area contributed by atoms with E-state index in [9.17, 15) is 29.6 Å². The van der Waals surface area contributed by atoms with Crippen LogP contribution in [0.25, 0.3) is 5.76 Å². The first-order valence-corrected chi connectivity index (χ1v) is 10.3. The van der Waals surface area contributed by atoms with E-state index < -0.39 is 28.4 Å². The van der Waals surface area contributed by atoms with Crippen molar-refractivity contribution in [1.29, 1.82) is 0 Å². The predicted molar refractivity (Wildman–Crippen MR) is 125 cm³/mol. The summed E-state index contributed by atoms with van der Waals surface area (Å²) in [5, 5.41) is 24.6. The molecular formula is C25H19N3O6. The zero-order valence-corrected chi connectivity index (χ0v) is 18.0. The normalized spacial score (nSPS) is 17.0. The fraction of sp³-hybridized carbons (Fsp3) is 0.0800. The highest BCUT2D eigenvalue weighted by Crippen LogP contribution is 2.42. The van der Waals surface area contributed by atoms with Crippen molar-refractivity contribution in [3.63, 3.8) is 0 Å². The van der Waals surface area contributed by atoms with E-state index in [1.807, 2.05) is 0 Å². The summed E-state index contributed by atoms with van der Waals surface area (Å²) in [4.78, 5) is 49.2. The number of carbonyl (C=O) groups excluding carboxylic acids is 3. The van der Waals surface area contributed by atoms with Crippen molar-refractivity contribution in [2.24, 2.45) is 0 Å². The van der Waals surface area contributed by atoms with Crippen molar-refractivity contribution >= 4 is 40.4 Å². The van der Waals surface area contributed by atoms with Gasteiger partial charge in [-0.25, -0.2) is 0 Å². The number of non-ortho nitro benzene ring substituents is 1. The van der Waals surface area contributed by atoms with E-state index in [0.29, 0.717) is 16.9 Å². The van der Waals surface area contributed by atoms with Crippen molar-refractivity contribution in [2.75, 3.05) is 10.2 Å². The Morgan fingerprint density at radius 1 is 0.971 bits per heavy atom. The first-order chi connectivity index (χ1) is 16.3. The number of hydrogen-bond acceptors (Lipinski definition) is 6. The van der Waals surface area contributed by atoms with E-state index in [1.165, 1.54) is 36.1 Å². The van der Waals surface area contributed by atoms with E-state index in [2.05, 4.69) is 5.32 Å². The Balaban J connectivity index is 1.84. The number of anilines is 2. The molecule has 1 atom stereocenters. The number of carbonyl (C=O) groups is 3. The van der Waals surface area contributed by atoms with E-state index in [-0.39, 0.29) is 22.7 Å². The van der Waals surface area contributed by atoms with Crippen LogP contribution in [0.1, 0.15) is 24.1 Å². The van der Waals surface area contributed by atoms with Gasteiger partial charge < -0.3 is 10.4 Å². The van der Waals surface area contributed by atoms with Crippen LogP contribution in [-0.4, -0.2) is 27.6 Å². The number of hydrogen-bond donors (Lipinski definition) is 2. The van der Waals surface area contributed by atoms with Gasteiger partial charge in [0.25, 0.3) is 17.4 Å². The topological polar surface area (TPSA) is 130 Å². The van der Waals surface area contributed by atoms with Crippen LogP contribution in [0.3, 0.4) is 0 Å². The molecule has 9 heteroatoms. The van der Waals surface area contributed by atoms with Crippen LogP contribution in [0.2, 0.25) is 0 Å². The number of benzene rings is 3. The third-order valence-electron chi connectivity index (χ3n) is 5.38. The summed E-state index contributed by atoms with van der Waals surface area (Å²) in [7, 11) is 0. The lowest BCUT2D eigenvalue weighted by Gasteiger charge is -2.25. The Morgan fingerprint density at radius 3 is 2.15 bits per heavy atom. The third kappa shape index (κ3) is 4.14. The molecule has 0 aliphatic carbocycles. The van der Waals surface area contributed by atoms with Gasteiger partial charge in [0.15, 0.2) is 0 Å². The second kappa shape index (κ2) is 8.99. The number of nitrogens with zero attached hydrogens (tertiary/aromatic N) is 2. The van der Waals surface area contributed by atoms with Gasteiger partial charge in [-0.3, -0.25) is 29.4 Å². The van der Waals surface area contributed by atoms with Gasteiger partial charge in [-0.1, -0.05) is 30.3 Å². The molecule has 3 aromatic carbocycles. The number of nitro benzene ring substituents is 1. The highest BCUT2D eigenvalue weighted by molar-refractivity contribution is 6.51. The molecule has 1 heterocycles. The third-order valence-corrected chi connectivity index (χ3v) is 5.38. The number of aliphatic hydroxyl groups excluding tert-OH is 1. The molecule has 1 aliphatic heterocycles.